The van der Waals surface area contributed by atoms with Crippen LogP contribution in [-0.4, -0.2) is 37.9 Å². The van der Waals surface area contributed by atoms with Crippen LogP contribution in [-0.2, 0) is 9.53 Å². The third kappa shape index (κ3) is 3.72. The van der Waals surface area contributed by atoms with Crippen LogP contribution in [0.15, 0.2) is 29.8 Å². The van der Waals surface area contributed by atoms with Crippen LogP contribution in [0.2, 0.25) is 5.02 Å². The Labute approximate surface area is 156 Å². The molecule has 0 amide bonds. The van der Waals surface area contributed by atoms with Crippen LogP contribution in [0.1, 0.15) is 16.8 Å². The molecule has 0 aliphatic rings. The van der Waals surface area contributed by atoms with Crippen LogP contribution in [0.25, 0.3) is 5.70 Å². The number of nitrogens with one attached hydrogen (secondary N) is 1. The summed E-state index contributed by atoms with van der Waals surface area (Å²) in [5.41, 5.74) is 7.29. The van der Waals surface area contributed by atoms with E-state index >= 15 is 0 Å². The lowest BCUT2D eigenvalue weighted by atomic mass is 10.1. The molecule has 0 atom stereocenters. The van der Waals surface area contributed by atoms with E-state index < -0.39 is 11.8 Å². The number of benzene rings is 1. The zero-order valence-corrected chi connectivity index (χ0v) is 15.7. The number of aromatic amines is 1. The number of nitrogens with two attached hydrogens (primary N) is 1. The maximum Gasteiger partial charge on any atom is 0.357 e. The van der Waals surface area contributed by atoms with Crippen molar-refractivity contribution in [2.75, 3.05) is 31.8 Å². The summed E-state index contributed by atoms with van der Waals surface area (Å²) in [7, 11) is 4.57. The van der Waals surface area contributed by atoms with Gasteiger partial charge in [-0.1, -0.05) is 18.2 Å². The molecule has 1 aromatic carbocycles. The van der Waals surface area contributed by atoms with E-state index in [-0.39, 0.29) is 33.5 Å². The van der Waals surface area contributed by atoms with Gasteiger partial charge in [-0.3, -0.25) is 0 Å². The van der Waals surface area contributed by atoms with Gasteiger partial charge in [-0.25, -0.2) is 14.2 Å². The molecule has 2 rings (SSSR count). The summed E-state index contributed by atoms with van der Waals surface area (Å²) in [5.74, 6) is -1.04. The first kappa shape index (κ1) is 19.5. The molecule has 138 valence electrons. The molecule has 26 heavy (non-hydrogen) atoms. The quantitative estimate of drug-likeness (QED) is 0.617. The minimum atomic E-state index is -0.709. The van der Waals surface area contributed by atoms with Crippen molar-refractivity contribution in [3.8, 4) is 0 Å². The number of nitrogens with zero attached hydrogens (tertiary/aromatic N) is 2. The number of ether oxygens (including phenoxy) is 1. The van der Waals surface area contributed by atoms with Crippen LogP contribution in [0.3, 0.4) is 0 Å². The molecular formula is C18H20ClFN4O2. The number of anilines is 2. The summed E-state index contributed by atoms with van der Waals surface area (Å²) in [5, 5.41) is 0.256. The lowest BCUT2D eigenvalue weighted by Crippen LogP contribution is -2.18. The molecule has 6 nitrogen and oxygen atoms in total. The van der Waals surface area contributed by atoms with Gasteiger partial charge in [0, 0.05) is 30.9 Å². The fraction of sp³-hybridized carbons (Fsp3) is 0.222. The summed E-state index contributed by atoms with van der Waals surface area (Å²) in [6.07, 6.45) is 0. The minimum absolute atomic E-state index is 0.0425. The zero-order chi connectivity index (χ0) is 19.6. The molecule has 0 aliphatic heterocycles. The van der Waals surface area contributed by atoms with Gasteiger partial charge in [-0.2, -0.15) is 0 Å². The van der Waals surface area contributed by atoms with Crippen molar-refractivity contribution in [3.63, 3.8) is 0 Å². The van der Waals surface area contributed by atoms with E-state index in [0.29, 0.717) is 5.56 Å². The van der Waals surface area contributed by atoms with Gasteiger partial charge in [0.1, 0.15) is 5.82 Å². The van der Waals surface area contributed by atoms with Crippen LogP contribution < -0.4 is 10.6 Å². The molecule has 3 N–H and O–H groups in total. The van der Waals surface area contributed by atoms with Gasteiger partial charge >= 0.3 is 5.97 Å². The lowest BCUT2D eigenvalue weighted by Gasteiger charge is -2.17. The smallest absolute Gasteiger partial charge is 0.357 e. The van der Waals surface area contributed by atoms with E-state index in [9.17, 15) is 9.18 Å². The molecule has 8 heteroatoms. The summed E-state index contributed by atoms with van der Waals surface area (Å²) >= 11 is 6.06. The average Bonchev–Trinajstić information content (AvgIpc) is 2.89. The number of esters is 1. The van der Waals surface area contributed by atoms with E-state index in [1.54, 1.807) is 38.1 Å². The first-order valence-electron chi connectivity index (χ1n) is 7.64. The molecular weight excluding hydrogens is 359 g/mol. The van der Waals surface area contributed by atoms with E-state index in [1.807, 2.05) is 0 Å². The second-order valence-electron chi connectivity index (χ2n) is 5.83. The van der Waals surface area contributed by atoms with Gasteiger partial charge in [0.05, 0.1) is 23.5 Å². The van der Waals surface area contributed by atoms with Crippen molar-refractivity contribution in [2.45, 2.75) is 6.92 Å². The Morgan fingerprint density at radius 3 is 2.54 bits per heavy atom. The summed E-state index contributed by atoms with van der Waals surface area (Å²) in [6, 6.07) is 4.65. The van der Waals surface area contributed by atoms with E-state index in [1.165, 1.54) is 13.2 Å². The van der Waals surface area contributed by atoms with Crippen LogP contribution in [0.4, 0.5) is 15.9 Å². The minimum Gasteiger partial charge on any atom is -0.464 e. The summed E-state index contributed by atoms with van der Waals surface area (Å²) < 4.78 is 19.6. The lowest BCUT2D eigenvalue weighted by molar-refractivity contribution is -0.132. The molecule has 1 heterocycles. The number of carbonyl (C=O) groups excluding carboxylic acids is 1. The fourth-order valence-electron chi connectivity index (χ4n) is 2.49. The van der Waals surface area contributed by atoms with Crippen molar-refractivity contribution >= 4 is 40.5 Å². The second kappa shape index (κ2) is 7.61. The highest BCUT2D eigenvalue weighted by molar-refractivity contribution is 6.45. The fourth-order valence-corrected chi connectivity index (χ4v) is 2.80. The third-order valence-corrected chi connectivity index (χ3v) is 3.99. The van der Waals surface area contributed by atoms with Crippen molar-refractivity contribution in [2.24, 2.45) is 4.99 Å². The predicted octanol–water partition coefficient (Wildman–Crippen LogP) is 3.40. The molecule has 2 aromatic rings. The SMILES string of the molecule is C=C(N=C(C(=O)OC)c1cc(C)[nH]c1N)c1ccc(Cl)c(N(C)C)c1F. The Morgan fingerprint density at radius 1 is 1.38 bits per heavy atom. The maximum atomic E-state index is 14.9. The van der Waals surface area contributed by atoms with Crippen LogP contribution in [0.5, 0.6) is 0 Å². The molecule has 0 unspecified atom stereocenters. The Morgan fingerprint density at radius 2 is 2.04 bits per heavy atom. The van der Waals surface area contributed by atoms with Crippen molar-refractivity contribution in [1.82, 2.24) is 4.98 Å². The highest BCUT2D eigenvalue weighted by atomic mass is 35.5. The number of aryl methyl sites for hydroxylation is 1. The van der Waals surface area contributed by atoms with Gasteiger partial charge < -0.3 is 20.4 Å². The maximum absolute atomic E-state index is 14.9. The largest absolute Gasteiger partial charge is 0.464 e. The molecule has 0 fully saturated rings. The number of rotatable bonds is 5. The third-order valence-electron chi connectivity index (χ3n) is 3.69. The monoisotopic (exact) mass is 378 g/mol. The Bertz CT molecular complexity index is 903. The van der Waals surface area contributed by atoms with Crippen molar-refractivity contribution in [3.05, 3.63) is 52.4 Å². The number of carbonyl (C=O) groups is 1. The number of aliphatic imine (C=N–C) groups is 1. The molecule has 0 spiro atoms. The first-order valence-corrected chi connectivity index (χ1v) is 8.02. The van der Waals surface area contributed by atoms with E-state index in [2.05, 4.69) is 16.6 Å². The Kier molecular flexibility index (Phi) is 5.72. The Hall–Kier alpha value is -2.80. The van der Waals surface area contributed by atoms with Crippen LogP contribution >= 0.6 is 11.6 Å². The number of H-pyrrole nitrogens is 1. The molecule has 1 aromatic heterocycles. The average molecular weight is 379 g/mol. The topological polar surface area (TPSA) is 83.7 Å². The van der Waals surface area contributed by atoms with E-state index in [4.69, 9.17) is 22.1 Å². The Balaban J connectivity index is 2.58. The molecule has 0 bridgehead atoms. The first-order chi connectivity index (χ1) is 12.2. The van der Waals surface area contributed by atoms with Gasteiger partial charge in [-0.05, 0) is 25.1 Å². The number of methoxy groups -OCH3 is 1. The predicted molar refractivity (Wildman–Crippen MR) is 103 cm³/mol. The number of nitrogen functional groups attached to an aromatic ring is 1. The summed E-state index contributed by atoms with van der Waals surface area (Å²) in [6.45, 7) is 5.57. The van der Waals surface area contributed by atoms with Crippen molar-refractivity contribution < 1.29 is 13.9 Å². The second-order valence-corrected chi connectivity index (χ2v) is 6.24. The highest BCUT2D eigenvalue weighted by Gasteiger charge is 2.22. The number of aromatic nitrogens is 1. The number of hydrogen-bond acceptors (Lipinski definition) is 5. The van der Waals surface area contributed by atoms with Crippen molar-refractivity contribution in [1.29, 1.82) is 0 Å². The summed E-state index contributed by atoms with van der Waals surface area (Å²) in [4.78, 5) is 20.8. The highest BCUT2D eigenvalue weighted by Crippen LogP contribution is 2.33. The van der Waals surface area contributed by atoms with Gasteiger partial charge in [-0.15, -0.1) is 0 Å². The zero-order valence-electron chi connectivity index (χ0n) is 15.0. The standard InChI is InChI=1S/C18H20ClFN4O2/c1-9-8-12(17(21)22-9)15(18(25)26-5)23-10(2)11-6-7-13(19)16(14(11)20)24(3)4/h6-8,22H,2,21H2,1,3-5H3. The van der Waals surface area contributed by atoms with Gasteiger partial charge in [0.25, 0.3) is 0 Å². The van der Waals surface area contributed by atoms with Crippen LogP contribution in [0, 0.1) is 12.7 Å². The normalized spacial score (nSPS) is 11.4. The van der Waals surface area contributed by atoms with Gasteiger partial charge in [0.2, 0.25) is 0 Å². The van der Waals surface area contributed by atoms with E-state index in [0.717, 1.165) is 5.69 Å². The molecule has 0 aliphatic carbocycles. The van der Waals surface area contributed by atoms with Gasteiger partial charge in [0.15, 0.2) is 11.5 Å². The molecule has 0 saturated heterocycles. The number of halogens is 2. The number of hydrogen-bond donors (Lipinski definition) is 2. The molecule has 0 saturated carbocycles. The molecule has 0 radical (unpaired) electrons.